The van der Waals surface area contributed by atoms with E-state index in [0.717, 1.165) is 52.4 Å². The van der Waals surface area contributed by atoms with Crippen LogP contribution in [0.4, 0.5) is 11.4 Å². The molecule has 0 aromatic heterocycles. The van der Waals surface area contributed by atoms with Crippen molar-refractivity contribution in [2.45, 2.75) is 44.8 Å². The Morgan fingerprint density at radius 2 is 1.42 bits per heavy atom. The minimum atomic E-state index is -0.236. The van der Waals surface area contributed by atoms with Crippen LogP contribution in [0.5, 0.6) is 5.75 Å². The van der Waals surface area contributed by atoms with Crippen LogP contribution in [0.15, 0.2) is 114 Å². The third-order valence-electron chi connectivity index (χ3n) is 7.63. The molecule has 1 aliphatic heterocycles. The molecule has 2 N–H and O–H groups in total. The summed E-state index contributed by atoms with van der Waals surface area (Å²) >= 11 is 0. The van der Waals surface area contributed by atoms with E-state index in [0.29, 0.717) is 13.0 Å². The molecule has 190 valence electrons. The molecule has 0 bridgehead atoms. The van der Waals surface area contributed by atoms with E-state index < -0.39 is 0 Å². The quantitative estimate of drug-likeness (QED) is 0.283. The number of Topliss-reactive ketones (excluding diaryl/α,β-unsaturated/α-hetero) is 1. The minimum absolute atomic E-state index is 0.166. The van der Waals surface area contributed by atoms with Gasteiger partial charge in [0, 0.05) is 17.7 Å². The lowest BCUT2D eigenvalue weighted by Gasteiger charge is -2.30. The molecule has 4 aromatic carbocycles. The van der Waals surface area contributed by atoms with Crippen molar-refractivity contribution in [3.63, 3.8) is 0 Å². The molecule has 4 heteroatoms. The summed E-state index contributed by atoms with van der Waals surface area (Å²) in [7, 11) is 0. The van der Waals surface area contributed by atoms with Gasteiger partial charge < -0.3 is 15.4 Å². The van der Waals surface area contributed by atoms with Gasteiger partial charge in [-0.15, -0.1) is 0 Å². The minimum Gasteiger partial charge on any atom is -0.489 e. The highest BCUT2D eigenvalue weighted by Gasteiger charge is 2.36. The molecule has 0 saturated heterocycles. The van der Waals surface area contributed by atoms with Gasteiger partial charge in [-0.2, -0.15) is 0 Å². The predicted molar refractivity (Wildman–Crippen MR) is 153 cm³/mol. The van der Waals surface area contributed by atoms with Gasteiger partial charge in [0.2, 0.25) is 0 Å². The van der Waals surface area contributed by atoms with Gasteiger partial charge >= 0.3 is 0 Å². The van der Waals surface area contributed by atoms with Crippen LogP contribution in [-0.4, -0.2) is 5.78 Å². The first-order chi connectivity index (χ1) is 18.7. The van der Waals surface area contributed by atoms with Crippen LogP contribution >= 0.6 is 0 Å². The maximum absolute atomic E-state index is 13.8. The van der Waals surface area contributed by atoms with Crippen molar-refractivity contribution in [2.75, 3.05) is 10.6 Å². The lowest BCUT2D eigenvalue weighted by molar-refractivity contribution is -0.116. The Balaban J connectivity index is 1.30. The third-order valence-corrected chi connectivity index (χ3v) is 7.63. The highest BCUT2D eigenvalue weighted by Crippen LogP contribution is 2.44. The van der Waals surface area contributed by atoms with E-state index in [1.165, 1.54) is 11.1 Å². The Morgan fingerprint density at radius 3 is 2.16 bits per heavy atom. The number of hydrogen-bond acceptors (Lipinski definition) is 4. The summed E-state index contributed by atoms with van der Waals surface area (Å²) in [5, 5.41) is 7.31. The molecule has 0 radical (unpaired) electrons. The average Bonchev–Trinajstić information content (AvgIpc) is 3.14. The number of nitrogens with one attached hydrogen (secondary N) is 2. The van der Waals surface area contributed by atoms with Crippen LogP contribution in [-0.2, 0) is 17.8 Å². The molecule has 1 heterocycles. The predicted octanol–water partition coefficient (Wildman–Crippen LogP) is 7.81. The van der Waals surface area contributed by atoms with Gasteiger partial charge in [-0.1, -0.05) is 85.8 Å². The molecule has 4 nitrogen and oxygen atoms in total. The van der Waals surface area contributed by atoms with E-state index in [9.17, 15) is 4.79 Å². The first kappa shape index (κ1) is 24.1. The SMILES string of the molecule is CCc1ccc(C2CC(=O)C3=C(C2)Nc2ccccc2NC3c2ccc(OCc3ccccc3)cc2)cc1. The number of carbonyl (C=O) groups excluding carboxylic acids is 1. The zero-order valence-electron chi connectivity index (χ0n) is 21.6. The van der Waals surface area contributed by atoms with Crippen molar-refractivity contribution in [3.05, 3.63) is 137 Å². The first-order valence-electron chi connectivity index (χ1n) is 13.4. The van der Waals surface area contributed by atoms with E-state index in [-0.39, 0.29) is 17.7 Å². The van der Waals surface area contributed by atoms with E-state index in [1.807, 2.05) is 42.5 Å². The van der Waals surface area contributed by atoms with Gasteiger partial charge in [-0.05, 0) is 65.3 Å². The number of hydrogen-bond donors (Lipinski definition) is 2. The Kier molecular flexibility index (Phi) is 6.70. The van der Waals surface area contributed by atoms with Crippen LogP contribution in [0.1, 0.15) is 54.0 Å². The summed E-state index contributed by atoms with van der Waals surface area (Å²) in [5.74, 6) is 1.17. The standard InChI is InChI=1S/C34H32N2O2/c1-2-23-12-14-25(15-13-23)27-20-31-33(32(37)21-27)34(36-30-11-7-6-10-29(30)35-31)26-16-18-28(19-17-26)38-22-24-8-4-3-5-9-24/h3-19,27,34-36H,2,20-22H2,1H3. The number of allylic oxidation sites excluding steroid dienone is 1. The number of aryl methyl sites for hydroxylation is 1. The number of carbonyl (C=O) groups is 1. The molecule has 0 saturated carbocycles. The number of ketones is 1. The van der Waals surface area contributed by atoms with Crippen molar-refractivity contribution in [3.8, 4) is 5.75 Å². The van der Waals surface area contributed by atoms with Crippen LogP contribution in [0, 0.1) is 0 Å². The van der Waals surface area contributed by atoms with Crippen molar-refractivity contribution in [1.82, 2.24) is 0 Å². The largest absolute Gasteiger partial charge is 0.489 e. The molecule has 0 amide bonds. The summed E-state index contributed by atoms with van der Waals surface area (Å²) < 4.78 is 6.01. The Morgan fingerprint density at radius 1 is 0.737 bits per heavy atom. The topological polar surface area (TPSA) is 50.4 Å². The van der Waals surface area contributed by atoms with E-state index >= 15 is 0 Å². The number of anilines is 2. The van der Waals surface area contributed by atoms with E-state index in [1.54, 1.807) is 0 Å². The summed E-state index contributed by atoms with van der Waals surface area (Å²) in [6.45, 7) is 2.69. The van der Waals surface area contributed by atoms with Crippen molar-refractivity contribution in [1.29, 1.82) is 0 Å². The van der Waals surface area contributed by atoms with Gasteiger partial charge in [-0.25, -0.2) is 0 Å². The number of rotatable bonds is 6. The van der Waals surface area contributed by atoms with Crippen LogP contribution < -0.4 is 15.4 Å². The van der Waals surface area contributed by atoms with E-state index in [2.05, 4.69) is 78.2 Å². The molecule has 2 aliphatic rings. The lowest BCUT2D eigenvalue weighted by atomic mass is 9.78. The maximum atomic E-state index is 13.8. The fourth-order valence-corrected chi connectivity index (χ4v) is 5.50. The summed E-state index contributed by atoms with van der Waals surface area (Å²) in [4.78, 5) is 13.8. The Hall–Kier alpha value is -4.31. The highest BCUT2D eigenvalue weighted by molar-refractivity contribution is 6.01. The highest BCUT2D eigenvalue weighted by atomic mass is 16.5. The number of ether oxygens (including phenoxy) is 1. The van der Waals surface area contributed by atoms with E-state index in [4.69, 9.17) is 4.74 Å². The Bertz CT molecular complexity index is 1460. The van der Waals surface area contributed by atoms with Gasteiger partial charge in [0.25, 0.3) is 0 Å². The molecular weight excluding hydrogens is 468 g/mol. The molecule has 2 atom stereocenters. The molecule has 0 spiro atoms. The summed E-state index contributed by atoms with van der Waals surface area (Å²) in [5.41, 5.74) is 8.56. The summed E-state index contributed by atoms with van der Waals surface area (Å²) in [6, 6.07) is 35.0. The molecule has 38 heavy (non-hydrogen) atoms. The number of para-hydroxylation sites is 2. The lowest BCUT2D eigenvalue weighted by Crippen LogP contribution is -2.26. The van der Waals surface area contributed by atoms with Crippen molar-refractivity contribution < 1.29 is 9.53 Å². The number of fused-ring (bicyclic) bond motifs is 1. The van der Waals surface area contributed by atoms with Gasteiger partial charge in [0.15, 0.2) is 5.78 Å². The molecule has 4 aromatic rings. The number of benzene rings is 4. The molecule has 0 fully saturated rings. The van der Waals surface area contributed by atoms with Gasteiger partial charge in [-0.3, -0.25) is 4.79 Å². The zero-order chi connectivity index (χ0) is 25.9. The van der Waals surface area contributed by atoms with Crippen molar-refractivity contribution >= 4 is 17.2 Å². The van der Waals surface area contributed by atoms with Crippen molar-refractivity contribution in [2.24, 2.45) is 0 Å². The fraction of sp³-hybridized carbons (Fsp3) is 0.206. The normalized spacial score (nSPS) is 18.5. The first-order valence-corrected chi connectivity index (χ1v) is 13.4. The summed E-state index contributed by atoms with van der Waals surface area (Å²) in [6.07, 6.45) is 2.33. The molecule has 2 unspecified atom stereocenters. The van der Waals surface area contributed by atoms with Crippen LogP contribution in [0.3, 0.4) is 0 Å². The average molecular weight is 501 g/mol. The molecule has 6 rings (SSSR count). The fourth-order valence-electron chi connectivity index (χ4n) is 5.50. The smallest absolute Gasteiger partial charge is 0.163 e. The zero-order valence-corrected chi connectivity index (χ0v) is 21.6. The van der Waals surface area contributed by atoms with Gasteiger partial charge in [0.1, 0.15) is 12.4 Å². The van der Waals surface area contributed by atoms with Gasteiger partial charge in [0.05, 0.1) is 17.4 Å². The van der Waals surface area contributed by atoms with Crippen LogP contribution in [0.2, 0.25) is 0 Å². The second-order valence-corrected chi connectivity index (χ2v) is 10.1. The third kappa shape index (κ3) is 4.95. The monoisotopic (exact) mass is 500 g/mol. The Labute approximate surface area is 224 Å². The second kappa shape index (κ2) is 10.6. The van der Waals surface area contributed by atoms with Crippen LogP contribution in [0.25, 0.3) is 0 Å². The second-order valence-electron chi connectivity index (χ2n) is 10.1. The maximum Gasteiger partial charge on any atom is 0.163 e. The molecular formula is C34H32N2O2. The molecule has 1 aliphatic carbocycles.